The van der Waals surface area contributed by atoms with Crippen LogP contribution in [0.4, 0.5) is 0 Å². The summed E-state index contributed by atoms with van der Waals surface area (Å²) in [4.78, 5) is 13.0. The van der Waals surface area contributed by atoms with Gasteiger partial charge in [-0.2, -0.15) is 0 Å². The monoisotopic (exact) mass is 380 g/mol. The van der Waals surface area contributed by atoms with Gasteiger partial charge in [0.2, 0.25) is 0 Å². The van der Waals surface area contributed by atoms with Crippen molar-refractivity contribution in [3.63, 3.8) is 0 Å². The van der Waals surface area contributed by atoms with Crippen molar-refractivity contribution in [2.45, 2.75) is 37.4 Å². The quantitative estimate of drug-likeness (QED) is 0.762. The van der Waals surface area contributed by atoms with Gasteiger partial charge in [0.05, 0.1) is 28.9 Å². The van der Waals surface area contributed by atoms with Gasteiger partial charge in [0.15, 0.2) is 5.78 Å². The van der Waals surface area contributed by atoms with Gasteiger partial charge >= 0.3 is 0 Å². The summed E-state index contributed by atoms with van der Waals surface area (Å²) in [6.45, 7) is 4.77. The van der Waals surface area contributed by atoms with Crippen molar-refractivity contribution in [3.05, 3.63) is 22.5 Å². The fourth-order valence-corrected chi connectivity index (χ4v) is 7.95. The lowest BCUT2D eigenvalue weighted by Gasteiger charge is -2.25. The normalized spacial score (nSPS) is 27.6. The Balaban J connectivity index is 1.94. The molecule has 136 valence electrons. The molecule has 6 heteroatoms. The average molecular weight is 381 g/mol. The highest BCUT2D eigenvalue weighted by Gasteiger charge is 2.51. The van der Waals surface area contributed by atoms with E-state index < -0.39 is 0 Å². The van der Waals surface area contributed by atoms with E-state index in [1.165, 1.54) is 22.7 Å². The Kier molecular flexibility index (Phi) is 4.49. The Labute approximate surface area is 157 Å². The van der Waals surface area contributed by atoms with Crippen LogP contribution < -0.4 is 4.74 Å². The summed E-state index contributed by atoms with van der Waals surface area (Å²) in [6, 6.07) is 0. The van der Waals surface area contributed by atoms with E-state index in [1.807, 2.05) is 0 Å². The molecule has 0 radical (unpaired) electrons. The number of hydrogen-bond donors (Lipinski definition) is 0. The number of furan rings is 1. The molecule has 0 N–H and O–H groups in total. The van der Waals surface area contributed by atoms with Crippen molar-refractivity contribution in [2.24, 2.45) is 11.8 Å². The van der Waals surface area contributed by atoms with Crippen molar-refractivity contribution < 1.29 is 18.7 Å². The number of ketones is 1. The molecule has 0 unspecified atom stereocenters. The fourth-order valence-electron chi connectivity index (χ4n) is 4.55. The molecular formula is C19H24O4S2. The molecule has 4 nitrogen and oxygen atoms in total. The van der Waals surface area contributed by atoms with Gasteiger partial charge in [0.25, 0.3) is 5.95 Å². The summed E-state index contributed by atoms with van der Waals surface area (Å²) in [5.41, 5.74) is 4.07. The number of Topliss-reactive ketones (excluding diaryl/α,β-unsaturated/α-hetero) is 1. The first-order valence-corrected chi connectivity index (χ1v) is 10.7. The largest absolute Gasteiger partial charge is 0.468 e. The number of fused-ring (bicyclic) bond motifs is 3. The topological polar surface area (TPSA) is 48.7 Å². The number of ether oxygens (including phenoxy) is 2. The molecule has 0 amide bonds. The molecule has 0 aromatic carbocycles. The number of carbonyl (C=O) groups is 1. The van der Waals surface area contributed by atoms with E-state index in [9.17, 15) is 4.79 Å². The van der Waals surface area contributed by atoms with Crippen LogP contribution in [0.1, 0.15) is 48.4 Å². The lowest BCUT2D eigenvalue weighted by molar-refractivity contribution is 0.0954. The molecule has 1 aromatic heterocycles. The third-order valence-electron chi connectivity index (χ3n) is 5.75. The predicted octanol–water partition coefficient (Wildman–Crippen LogP) is 4.63. The number of allylic oxidation sites excluding steroid dienone is 1. The van der Waals surface area contributed by atoms with Crippen molar-refractivity contribution in [1.29, 1.82) is 0 Å². The molecule has 3 aliphatic rings. The Morgan fingerprint density at radius 1 is 1.28 bits per heavy atom. The molecule has 1 aromatic rings. The van der Waals surface area contributed by atoms with E-state index in [2.05, 4.69) is 37.4 Å². The number of thioether (sulfide) groups is 2. The Hall–Kier alpha value is -0.850. The van der Waals surface area contributed by atoms with Crippen molar-refractivity contribution >= 4 is 34.9 Å². The van der Waals surface area contributed by atoms with E-state index in [0.717, 1.165) is 17.7 Å². The second-order valence-corrected chi connectivity index (χ2v) is 10.2. The van der Waals surface area contributed by atoms with E-state index in [4.69, 9.17) is 13.9 Å². The van der Waals surface area contributed by atoms with Gasteiger partial charge in [0, 0.05) is 30.6 Å². The van der Waals surface area contributed by atoms with Crippen LogP contribution in [0.2, 0.25) is 0 Å². The second kappa shape index (κ2) is 6.39. The molecule has 0 saturated carbocycles. The Bertz CT molecular complexity index is 743. The minimum absolute atomic E-state index is 0.150. The molecule has 2 heterocycles. The van der Waals surface area contributed by atoms with E-state index in [-0.39, 0.29) is 9.86 Å². The Morgan fingerprint density at radius 3 is 2.64 bits per heavy atom. The second-order valence-electron chi connectivity index (χ2n) is 7.11. The summed E-state index contributed by atoms with van der Waals surface area (Å²) in [7, 11) is 3.22. The van der Waals surface area contributed by atoms with Crippen LogP contribution >= 0.6 is 23.5 Å². The summed E-state index contributed by atoms with van der Waals surface area (Å²) >= 11 is 4.12. The maximum absolute atomic E-state index is 13.0. The molecule has 0 bridgehead atoms. The zero-order valence-corrected chi connectivity index (χ0v) is 16.8. The van der Waals surface area contributed by atoms with E-state index in [0.29, 0.717) is 36.4 Å². The fraction of sp³-hybridized carbons (Fsp3) is 0.632. The molecular weight excluding hydrogens is 356 g/mol. The third-order valence-corrected chi connectivity index (χ3v) is 9.41. The lowest BCUT2D eigenvalue weighted by Crippen LogP contribution is -2.19. The van der Waals surface area contributed by atoms with Gasteiger partial charge in [-0.05, 0) is 30.8 Å². The van der Waals surface area contributed by atoms with Crippen LogP contribution in [0.3, 0.4) is 0 Å². The number of methoxy groups -OCH3 is 2. The van der Waals surface area contributed by atoms with Crippen molar-refractivity contribution in [3.8, 4) is 5.95 Å². The van der Waals surface area contributed by atoms with Crippen LogP contribution in [0, 0.1) is 11.8 Å². The van der Waals surface area contributed by atoms with Crippen LogP contribution in [0.5, 0.6) is 5.95 Å². The molecule has 1 spiro atoms. The standard InChI is InChI=1S/C19H24O4S2/c1-10-7-14(20)16-13(9-21-3)18(22-4)23-17(16)15-11(2)19(8-12(10)15)24-5-6-25-19/h10,12H,5-9H2,1-4H3/t10-,12+/m0/s1. The smallest absolute Gasteiger partial charge is 0.291 e. The van der Waals surface area contributed by atoms with Crippen LogP contribution in [0.25, 0.3) is 5.57 Å². The molecule has 2 atom stereocenters. The highest BCUT2D eigenvalue weighted by molar-refractivity contribution is 8.21. The highest BCUT2D eigenvalue weighted by atomic mass is 32.2. The lowest BCUT2D eigenvalue weighted by atomic mass is 9.86. The summed E-state index contributed by atoms with van der Waals surface area (Å²) < 4.78 is 17.0. The summed E-state index contributed by atoms with van der Waals surface area (Å²) in [6.07, 6.45) is 1.65. The first kappa shape index (κ1) is 17.6. The predicted molar refractivity (Wildman–Crippen MR) is 102 cm³/mol. The van der Waals surface area contributed by atoms with E-state index >= 15 is 0 Å². The van der Waals surface area contributed by atoms with Crippen molar-refractivity contribution in [2.75, 3.05) is 25.7 Å². The molecule has 4 rings (SSSR count). The van der Waals surface area contributed by atoms with Gasteiger partial charge < -0.3 is 13.9 Å². The SMILES string of the molecule is COCc1c(OC)oc2c1C(=O)C[C@H](C)[C@H]1CC3(SCCS3)C(C)=C21. The molecule has 1 fully saturated rings. The maximum atomic E-state index is 13.0. The van der Waals surface area contributed by atoms with Gasteiger partial charge in [-0.1, -0.05) is 6.92 Å². The molecule has 25 heavy (non-hydrogen) atoms. The summed E-state index contributed by atoms with van der Waals surface area (Å²) in [5, 5.41) is 0. The van der Waals surface area contributed by atoms with Gasteiger partial charge in [-0.3, -0.25) is 4.79 Å². The van der Waals surface area contributed by atoms with Crippen LogP contribution in [-0.2, 0) is 11.3 Å². The van der Waals surface area contributed by atoms with Crippen LogP contribution in [0.15, 0.2) is 9.99 Å². The third kappa shape index (κ3) is 2.52. The zero-order valence-electron chi connectivity index (χ0n) is 15.1. The zero-order chi connectivity index (χ0) is 17.8. The highest BCUT2D eigenvalue weighted by Crippen LogP contribution is 2.63. The van der Waals surface area contributed by atoms with Gasteiger partial charge in [0.1, 0.15) is 5.76 Å². The first-order valence-electron chi connectivity index (χ1n) is 8.73. The summed E-state index contributed by atoms with van der Waals surface area (Å²) in [5.74, 6) is 4.39. The number of rotatable bonds is 3. The number of carbonyl (C=O) groups excluding carboxylic acids is 1. The molecule has 2 aliphatic carbocycles. The molecule has 1 saturated heterocycles. The Morgan fingerprint density at radius 2 is 2.00 bits per heavy atom. The van der Waals surface area contributed by atoms with E-state index in [1.54, 1.807) is 14.2 Å². The average Bonchev–Trinajstić information content (AvgIpc) is 3.24. The van der Waals surface area contributed by atoms with Crippen LogP contribution in [-0.4, -0.2) is 35.6 Å². The van der Waals surface area contributed by atoms with Gasteiger partial charge in [-0.25, -0.2) is 0 Å². The molecule has 1 aliphatic heterocycles. The first-order chi connectivity index (χ1) is 12.0. The minimum Gasteiger partial charge on any atom is -0.468 e. The van der Waals surface area contributed by atoms with Gasteiger partial charge in [-0.15, -0.1) is 23.5 Å². The maximum Gasteiger partial charge on any atom is 0.291 e. The minimum atomic E-state index is 0.150. The number of hydrogen-bond acceptors (Lipinski definition) is 6. The van der Waals surface area contributed by atoms with Crippen molar-refractivity contribution in [1.82, 2.24) is 0 Å².